The van der Waals surface area contributed by atoms with E-state index in [-0.39, 0.29) is 12.3 Å². The first-order chi connectivity index (χ1) is 10.3. The van der Waals surface area contributed by atoms with Crippen LogP contribution in [0, 0.1) is 0 Å². The molecule has 1 aliphatic carbocycles. The van der Waals surface area contributed by atoms with Crippen molar-refractivity contribution < 1.29 is 4.79 Å². The van der Waals surface area contributed by atoms with Gasteiger partial charge in [0, 0.05) is 18.3 Å². The quantitative estimate of drug-likeness (QED) is 0.802. The van der Waals surface area contributed by atoms with Crippen LogP contribution in [0.3, 0.4) is 0 Å². The van der Waals surface area contributed by atoms with Gasteiger partial charge in [0.15, 0.2) is 0 Å². The molecule has 0 unspecified atom stereocenters. The summed E-state index contributed by atoms with van der Waals surface area (Å²) < 4.78 is 1.90. The highest BCUT2D eigenvalue weighted by Gasteiger charge is 2.27. The number of hydrogen-bond acceptors (Lipinski definition) is 5. The molecule has 1 N–H and O–H groups in total. The maximum atomic E-state index is 12.0. The Hall–Kier alpha value is -2.28. The Balaban J connectivity index is 1.44. The Kier molecular flexibility index (Phi) is 2.92. The molecule has 0 saturated heterocycles. The maximum Gasteiger partial charge on any atom is 0.232 e. The topological polar surface area (TPSA) is 72.2 Å². The number of aromatic nitrogens is 4. The summed E-state index contributed by atoms with van der Waals surface area (Å²) in [5.41, 5.74) is 1.58. The largest absolute Gasteiger partial charge is 0.307 e. The number of amides is 1. The molecule has 3 heterocycles. The van der Waals surface area contributed by atoms with Gasteiger partial charge in [0.05, 0.1) is 12.1 Å². The number of imidazole rings is 1. The Morgan fingerprint density at radius 3 is 3.10 bits per heavy atom. The average molecular weight is 299 g/mol. The van der Waals surface area contributed by atoms with Crippen LogP contribution < -0.4 is 5.32 Å². The number of anilines is 1. The molecule has 0 bridgehead atoms. The van der Waals surface area contributed by atoms with E-state index in [0.29, 0.717) is 11.0 Å². The van der Waals surface area contributed by atoms with E-state index in [0.717, 1.165) is 16.3 Å². The lowest BCUT2D eigenvalue weighted by atomic mass is 10.3. The normalized spacial score (nSPS) is 14.5. The molecule has 106 valence electrons. The van der Waals surface area contributed by atoms with Crippen molar-refractivity contribution >= 4 is 28.0 Å². The van der Waals surface area contributed by atoms with E-state index in [1.165, 1.54) is 24.2 Å². The molecule has 0 aliphatic heterocycles. The molecular formula is C14H13N5OS. The summed E-state index contributed by atoms with van der Waals surface area (Å²) in [6.45, 7) is 0. The van der Waals surface area contributed by atoms with Gasteiger partial charge in [0.2, 0.25) is 11.0 Å². The van der Waals surface area contributed by atoms with E-state index >= 15 is 0 Å². The minimum atomic E-state index is -0.114. The first-order valence-electron chi connectivity index (χ1n) is 6.84. The van der Waals surface area contributed by atoms with Crippen LogP contribution in [-0.2, 0) is 11.2 Å². The predicted octanol–water partition coefficient (Wildman–Crippen LogP) is 2.24. The lowest BCUT2D eigenvalue weighted by Crippen LogP contribution is -2.14. The molecule has 0 aromatic carbocycles. The molecule has 21 heavy (non-hydrogen) atoms. The molecule has 0 radical (unpaired) electrons. The molecule has 4 rings (SSSR count). The van der Waals surface area contributed by atoms with Crippen molar-refractivity contribution in [3.63, 3.8) is 0 Å². The fourth-order valence-corrected chi connectivity index (χ4v) is 3.11. The number of nitrogens with one attached hydrogen (secondary N) is 1. The lowest BCUT2D eigenvalue weighted by Gasteiger charge is -1.97. The highest BCUT2D eigenvalue weighted by Crippen LogP contribution is 2.42. The first-order valence-corrected chi connectivity index (χ1v) is 7.65. The number of carbonyl (C=O) groups is 1. The van der Waals surface area contributed by atoms with Crippen molar-refractivity contribution in [3.05, 3.63) is 41.3 Å². The van der Waals surface area contributed by atoms with Crippen LogP contribution >= 0.6 is 11.3 Å². The molecule has 1 amide bonds. The minimum absolute atomic E-state index is 0.114. The highest BCUT2D eigenvalue weighted by molar-refractivity contribution is 7.15. The fraction of sp³-hybridized carbons (Fsp3) is 0.286. The zero-order valence-electron chi connectivity index (χ0n) is 11.2. The molecule has 0 atom stereocenters. The van der Waals surface area contributed by atoms with Gasteiger partial charge in [-0.2, -0.15) is 0 Å². The molecule has 6 nitrogen and oxygen atoms in total. The summed E-state index contributed by atoms with van der Waals surface area (Å²) in [4.78, 5) is 16.4. The Morgan fingerprint density at radius 1 is 1.38 bits per heavy atom. The van der Waals surface area contributed by atoms with E-state index in [1.807, 2.05) is 35.0 Å². The molecule has 7 heteroatoms. The zero-order chi connectivity index (χ0) is 14.2. The van der Waals surface area contributed by atoms with E-state index in [1.54, 1.807) is 0 Å². The molecular weight excluding hydrogens is 286 g/mol. The summed E-state index contributed by atoms with van der Waals surface area (Å²) in [6, 6.07) is 5.76. The smallest absolute Gasteiger partial charge is 0.232 e. The maximum absolute atomic E-state index is 12.0. The second-order valence-electron chi connectivity index (χ2n) is 5.14. The molecule has 1 fully saturated rings. The number of pyridine rings is 1. The Bertz CT molecular complexity index is 771. The third-order valence-corrected chi connectivity index (χ3v) is 4.37. The number of nitrogens with zero attached hydrogens (tertiary/aromatic N) is 4. The summed E-state index contributed by atoms with van der Waals surface area (Å²) in [7, 11) is 0. The van der Waals surface area contributed by atoms with Crippen molar-refractivity contribution in [2.45, 2.75) is 25.2 Å². The fourth-order valence-electron chi connectivity index (χ4n) is 2.18. The van der Waals surface area contributed by atoms with Gasteiger partial charge in [0.1, 0.15) is 10.7 Å². The van der Waals surface area contributed by atoms with Crippen molar-refractivity contribution in [1.82, 2.24) is 19.6 Å². The molecule has 3 aromatic heterocycles. The minimum Gasteiger partial charge on any atom is -0.307 e. The van der Waals surface area contributed by atoms with E-state index in [9.17, 15) is 4.79 Å². The lowest BCUT2D eigenvalue weighted by molar-refractivity contribution is -0.115. The van der Waals surface area contributed by atoms with Crippen LogP contribution in [0.2, 0.25) is 0 Å². The molecule has 1 aliphatic rings. The number of carbonyl (C=O) groups excluding carboxylic acids is 1. The predicted molar refractivity (Wildman–Crippen MR) is 79.4 cm³/mol. The van der Waals surface area contributed by atoms with Gasteiger partial charge in [-0.3, -0.25) is 4.79 Å². The van der Waals surface area contributed by atoms with Crippen LogP contribution in [0.1, 0.15) is 29.5 Å². The van der Waals surface area contributed by atoms with Crippen molar-refractivity contribution in [3.8, 4) is 0 Å². The van der Waals surface area contributed by atoms with Gasteiger partial charge < -0.3 is 9.72 Å². The summed E-state index contributed by atoms with van der Waals surface area (Å²) in [6.07, 6.45) is 6.38. The monoisotopic (exact) mass is 299 g/mol. The standard InChI is InChI=1S/C14H13N5OS/c20-12(16-14-18-17-13(21-14)9-4-5-9)7-10-8-19-6-2-1-3-11(19)15-10/h1-3,6,8-9H,4-5,7H2,(H,16,18,20). The van der Waals surface area contributed by atoms with Gasteiger partial charge in [-0.1, -0.05) is 17.4 Å². The summed E-state index contributed by atoms with van der Waals surface area (Å²) >= 11 is 1.47. The van der Waals surface area contributed by atoms with Crippen LogP contribution in [0.5, 0.6) is 0 Å². The van der Waals surface area contributed by atoms with E-state index in [4.69, 9.17) is 0 Å². The Morgan fingerprint density at radius 2 is 2.29 bits per heavy atom. The van der Waals surface area contributed by atoms with Gasteiger partial charge in [0.25, 0.3) is 0 Å². The van der Waals surface area contributed by atoms with Gasteiger partial charge in [-0.05, 0) is 25.0 Å². The Labute approximate surface area is 124 Å². The zero-order valence-corrected chi connectivity index (χ0v) is 12.0. The van der Waals surface area contributed by atoms with Gasteiger partial charge in [-0.25, -0.2) is 4.98 Å². The van der Waals surface area contributed by atoms with Crippen molar-refractivity contribution in [2.24, 2.45) is 0 Å². The van der Waals surface area contributed by atoms with Crippen LogP contribution in [0.4, 0.5) is 5.13 Å². The first kappa shape index (κ1) is 12.5. The van der Waals surface area contributed by atoms with Gasteiger partial charge in [-0.15, -0.1) is 10.2 Å². The number of fused-ring (bicyclic) bond motifs is 1. The van der Waals surface area contributed by atoms with Crippen molar-refractivity contribution in [1.29, 1.82) is 0 Å². The second kappa shape index (κ2) is 4.92. The molecule has 0 spiro atoms. The third-order valence-electron chi connectivity index (χ3n) is 3.37. The summed E-state index contributed by atoms with van der Waals surface area (Å²) in [5.74, 6) is 0.448. The average Bonchev–Trinajstić information content (AvgIpc) is 3.08. The third kappa shape index (κ3) is 2.64. The number of hydrogen-bond donors (Lipinski definition) is 1. The van der Waals surface area contributed by atoms with Crippen LogP contribution in [-0.4, -0.2) is 25.5 Å². The number of rotatable bonds is 4. The second-order valence-corrected chi connectivity index (χ2v) is 6.15. The summed E-state index contributed by atoms with van der Waals surface area (Å²) in [5, 5.41) is 12.5. The highest BCUT2D eigenvalue weighted by atomic mass is 32.1. The van der Waals surface area contributed by atoms with E-state index in [2.05, 4.69) is 20.5 Å². The molecule has 1 saturated carbocycles. The van der Waals surface area contributed by atoms with Crippen LogP contribution in [0.15, 0.2) is 30.6 Å². The SMILES string of the molecule is O=C(Cc1cn2ccccc2n1)Nc1nnc(C2CC2)s1. The van der Waals surface area contributed by atoms with E-state index < -0.39 is 0 Å². The van der Waals surface area contributed by atoms with Crippen molar-refractivity contribution in [2.75, 3.05) is 5.32 Å². The van der Waals surface area contributed by atoms with Crippen LogP contribution in [0.25, 0.3) is 5.65 Å². The van der Waals surface area contributed by atoms with Gasteiger partial charge >= 0.3 is 0 Å². The molecule has 3 aromatic rings.